The fourth-order valence-corrected chi connectivity index (χ4v) is 7.51. The van der Waals surface area contributed by atoms with E-state index >= 15 is 0 Å². The van der Waals surface area contributed by atoms with Crippen molar-refractivity contribution in [2.45, 2.75) is 108 Å². The normalized spacial score (nSPS) is 33.7. The first-order valence-corrected chi connectivity index (χ1v) is 14.3. The molecule has 6 rings (SSSR count). The van der Waals surface area contributed by atoms with Crippen molar-refractivity contribution >= 4 is 24.2 Å². The van der Waals surface area contributed by atoms with Crippen LogP contribution in [-0.4, -0.2) is 78.6 Å². The quantitative estimate of drug-likeness (QED) is 0.608. The molecule has 1 spiro atoms. The molecule has 1 aliphatic carbocycles. The smallest absolute Gasteiger partial charge is 0.399 e. The van der Waals surface area contributed by atoms with E-state index in [-0.39, 0.29) is 30.0 Å². The van der Waals surface area contributed by atoms with E-state index in [1.165, 1.54) is 5.56 Å². The summed E-state index contributed by atoms with van der Waals surface area (Å²) in [6, 6.07) is 7.32. The second-order valence-corrected chi connectivity index (χ2v) is 14.0. The van der Waals surface area contributed by atoms with Crippen molar-refractivity contribution < 1.29 is 19.2 Å². The van der Waals surface area contributed by atoms with Crippen molar-refractivity contribution in [3.8, 4) is 0 Å². The van der Waals surface area contributed by atoms with Crippen molar-refractivity contribution in [1.82, 2.24) is 10.2 Å². The Morgan fingerprint density at radius 3 is 2.30 bits per heavy atom. The monoisotopic (exact) mass is 509 g/mol. The van der Waals surface area contributed by atoms with Crippen molar-refractivity contribution in [3.63, 3.8) is 0 Å². The van der Waals surface area contributed by atoms with Gasteiger partial charge >= 0.3 is 7.12 Å². The van der Waals surface area contributed by atoms with E-state index in [1.807, 2.05) is 0 Å². The number of fused-ring (bicyclic) bond motifs is 2. The third kappa shape index (κ3) is 3.93. The van der Waals surface area contributed by atoms with E-state index in [9.17, 15) is 9.90 Å². The van der Waals surface area contributed by atoms with Crippen molar-refractivity contribution in [2.75, 3.05) is 31.1 Å². The summed E-state index contributed by atoms with van der Waals surface area (Å²) < 4.78 is 12.7. The minimum atomic E-state index is -0.442. The molecule has 1 saturated carbocycles. The van der Waals surface area contributed by atoms with Crippen LogP contribution >= 0.6 is 0 Å². The van der Waals surface area contributed by atoms with Crippen LogP contribution in [0.15, 0.2) is 18.2 Å². The molecule has 3 saturated heterocycles. The van der Waals surface area contributed by atoms with Crippen LogP contribution in [0, 0.1) is 5.41 Å². The average Bonchev–Trinajstić information content (AvgIpc) is 3.33. The summed E-state index contributed by atoms with van der Waals surface area (Å²) in [5, 5.41) is 13.5. The summed E-state index contributed by atoms with van der Waals surface area (Å²) in [7, 11) is -0.442. The number of aliphatic hydroxyl groups excluding tert-OH is 1. The van der Waals surface area contributed by atoms with Crippen molar-refractivity contribution in [2.24, 2.45) is 5.41 Å². The Balaban J connectivity index is 1.29. The molecule has 0 radical (unpaired) electrons. The summed E-state index contributed by atoms with van der Waals surface area (Å²) in [4.78, 5) is 18.9. The maximum absolute atomic E-state index is 14.2. The van der Waals surface area contributed by atoms with Gasteiger partial charge in [0.05, 0.1) is 23.2 Å². The van der Waals surface area contributed by atoms with E-state index in [2.05, 4.69) is 74.9 Å². The van der Waals surface area contributed by atoms with Crippen LogP contribution in [0.25, 0.3) is 0 Å². The summed E-state index contributed by atoms with van der Waals surface area (Å²) in [5.41, 5.74) is 2.21. The first-order valence-electron chi connectivity index (χ1n) is 14.3. The third-order valence-electron chi connectivity index (χ3n) is 10.4. The van der Waals surface area contributed by atoms with Crippen molar-refractivity contribution in [1.29, 1.82) is 0 Å². The highest BCUT2D eigenvalue weighted by Gasteiger charge is 2.57. The number of hydrogen-bond donors (Lipinski definition) is 2. The topological polar surface area (TPSA) is 74.3 Å². The second-order valence-electron chi connectivity index (χ2n) is 14.0. The second kappa shape index (κ2) is 8.53. The summed E-state index contributed by atoms with van der Waals surface area (Å²) in [6.07, 6.45) is 4.64. The van der Waals surface area contributed by atoms with E-state index in [1.54, 1.807) is 0 Å². The first-order chi connectivity index (χ1) is 17.4. The number of likely N-dealkylation sites (tertiary alicyclic amines) is 1. The van der Waals surface area contributed by atoms with Gasteiger partial charge in [0, 0.05) is 30.4 Å². The number of hydrogen-bond acceptors (Lipinski definition) is 6. The molecule has 7 nitrogen and oxygen atoms in total. The number of nitrogens with one attached hydrogen (secondary N) is 1. The Hall–Kier alpha value is -1.45. The highest BCUT2D eigenvalue weighted by molar-refractivity contribution is 6.62. The molecule has 1 amide bonds. The maximum atomic E-state index is 14.2. The number of nitrogens with zero attached hydrogens (tertiary/aromatic N) is 2. The van der Waals surface area contributed by atoms with E-state index in [0.29, 0.717) is 6.04 Å². The van der Waals surface area contributed by atoms with Crippen LogP contribution in [0.2, 0.25) is 0 Å². The van der Waals surface area contributed by atoms with E-state index in [4.69, 9.17) is 9.31 Å². The maximum Gasteiger partial charge on any atom is 0.494 e. The SMILES string of the molecule is CC1(C)C[C@H](CO)N(C2CC(N3C(=O)C4(CCNCC4)c4ccc(B5OC(C)(C)C(C)(C)O5)cc43)C2)C1. The molecule has 1 atom stereocenters. The lowest BCUT2D eigenvalue weighted by Crippen LogP contribution is -2.58. The van der Waals surface area contributed by atoms with E-state index < -0.39 is 23.7 Å². The van der Waals surface area contributed by atoms with Gasteiger partial charge in [0.15, 0.2) is 0 Å². The van der Waals surface area contributed by atoms with Crippen LogP contribution in [0.5, 0.6) is 0 Å². The van der Waals surface area contributed by atoms with Gasteiger partial charge in [0.25, 0.3) is 0 Å². The molecule has 0 bridgehead atoms. The van der Waals surface area contributed by atoms with Crippen molar-refractivity contribution in [3.05, 3.63) is 23.8 Å². The molecule has 0 aromatic heterocycles. The predicted molar refractivity (Wildman–Crippen MR) is 146 cm³/mol. The largest absolute Gasteiger partial charge is 0.494 e. The lowest BCUT2D eigenvalue weighted by molar-refractivity contribution is -0.125. The Morgan fingerprint density at radius 2 is 1.68 bits per heavy atom. The van der Waals surface area contributed by atoms with E-state index in [0.717, 1.165) is 62.9 Å². The lowest BCUT2D eigenvalue weighted by Gasteiger charge is -2.47. The molecule has 1 aromatic carbocycles. The van der Waals surface area contributed by atoms with Gasteiger partial charge in [-0.2, -0.15) is 0 Å². The number of piperidine rings is 1. The number of carbonyl (C=O) groups excluding carboxylic acids is 1. The van der Waals surface area contributed by atoms with Gasteiger partial charge in [-0.05, 0) is 95.4 Å². The Kier molecular flexibility index (Phi) is 5.95. The Bertz CT molecular complexity index is 1060. The van der Waals surface area contributed by atoms with Gasteiger partial charge in [-0.25, -0.2) is 0 Å². The van der Waals surface area contributed by atoms with Crippen LogP contribution < -0.4 is 15.7 Å². The van der Waals surface area contributed by atoms with Gasteiger partial charge in [-0.15, -0.1) is 0 Å². The summed E-state index contributed by atoms with van der Waals surface area (Å²) >= 11 is 0. The molecule has 37 heavy (non-hydrogen) atoms. The van der Waals surface area contributed by atoms with Crippen LogP contribution in [0.1, 0.15) is 79.2 Å². The van der Waals surface area contributed by atoms with Crippen LogP contribution in [-0.2, 0) is 19.5 Å². The summed E-state index contributed by atoms with van der Waals surface area (Å²) in [5.74, 6) is 0.277. The molecule has 4 aliphatic heterocycles. The summed E-state index contributed by atoms with van der Waals surface area (Å²) in [6.45, 7) is 15.9. The Morgan fingerprint density at radius 1 is 1.03 bits per heavy atom. The molecule has 5 aliphatic rings. The van der Waals surface area contributed by atoms with Gasteiger partial charge in [-0.1, -0.05) is 26.0 Å². The molecule has 1 aromatic rings. The zero-order valence-corrected chi connectivity index (χ0v) is 23.5. The fourth-order valence-electron chi connectivity index (χ4n) is 7.51. The number of rotatable bonds is 4. The van der Waals surface area contributed by atoms with Gasteiger partial charge < -0.3 is 24.6 Å². The zero-order valence-electron chi connectivity index (χ0n) is 23.5. The number of aliphatic hydroxyl groups is 1. The molecule has 8 heteroatoms. The first kappa shape index (κ1) is 25.8. The number of amides is 1. The lowest BCUT2D eigenvalue weighted by atomic mass is 9.72. The predicted octanol–water partition coefficient (Wildman–Crippen LogP) is 2.58. The van der Waals surface area contributed by atoms with Gasteiger partial charge in [-0.3, -0.25) is 9.69 Å². The van der Waals surface area contributed by atoms with Crippen LogP contribution in [0.4, 0.5) is 5.69 Å². The van der Waals surface area contributed by atoms with Gasteiger partial charge in [0.2, 0.25) is 5.91 Å². The fraction of sp³-hybridized carbons (Fsp3) is 0.759. The highest BCUT2D eigenvalue weighted by Crippen LogP contribution is 2.51. The Labute approximate surface area is 222 Å². The number of benzene rings is 1. The minimum Gasteiger partial charge on any atom is -0.399 e. The molecular weight excluding hydrogens is 465 g/mol. The average molecular weight is 510 g/mol. The highest BCUT2D eigenvalue weighted by atomic mass is 16.7. The molecule has 0 unspecified atom stereocenters. The molecule has 2 N–H and O–H groups in total. The molecular formula is C29H44BN3O4. The third-order valence-corrected chi connectivity index (χ3v) is 10.4. The molecule has 202 valence electrons. The minimum absolute atomic E-state index is 0.196. The number of carbonyl (C=O) groups is 1. The standard InChI is InChI=1S/C29H44BN3O4/c1-26(2)16-22(17-34)32(18-26)20-14-21(15-20)33-24-13-19(30-36-27(3,4)28(5,6)37-30)7-8-23(24)29(25(33)35)9-11-31-12-10-29/h7-8,13,20-22,31,34H,9-12,14-18H2,1-6H3/t20?,21?,22-/m1/s1. The van der Waals surface area contributed by atoms with Crippen LogP contribution in [0.3, 0.4) is 0 Å². The zero-order chi connectivity index (χ0) is 26.4. The molecule has 4 fully saturated rings. The molecule has 4 heterocycles. The number of anilines is 1. The van der Waals surface area contributed by atoms with Gasteiger partial charge in [0.1, 0.15) is 0 Å².